The highest BCUT2D eigenvalue weighted by Crippen LogP contribution is 2.30. The molecule has 0 saturated heterocycles. The summed E-state index contributed by atoms with van der Waals surface area (Å²) < 4.78 is 1.25. The lowest BCUT2D eigenvalue weighted by Crippen LogP contribution is -2.24. The Bertz CT molecular complexity index is 293. The molecule has 0 spiro atoms. The predicted octanol–water partition coefficient (Wildman–Crippen LogP) is 3.74. The van der Waals surface area contributed by atoms with E-state index in [4.69, 9.17) is 0 Å². The van der Waals surface area contributed by atoms with Crippen molar-refractivity contribution in [3.05, 3.63) is 20.8 Å². The minimum Gasteiger partial charge on any atom is -0.299 e. The van der Waals surface area contributed by atoms with Gasteiger partial charge in [0.25, 0.3) is 0 Å². The molecule has 78 valence electrons. The molecule has 0 bridgehead atoms. The summed E-state index contributed by atoms with van der Waals surface area (Å²) in [5.41, 5.74) is 1.45. The van der Waals surface area contributed by atoms with Crippen LogP contribution in [0.25, 0.3) is 0 Å². The zero-order valence-electron chi connectivity index (χ0n) is 8.50. The summed E-state index contributed by atoms with van der Waals surface area (Å²) in [4.78, 5) is 2.55. The number of hydrogen-bond donors (Lipinski definition) is 0. The second-order valence-corrected chi connectivity index (χ2v) is 6.32. The van der Waals surface area contributed by atoms with E-state index in [2.05, 4.69) is 39.2 Å². The molecule has 3 heteroatoms. The Labute approximate surface area is 98.2 Å². The molecular formula is C11H16BrNS. The molecule has 0 N–H and O–H groups in total. The van der Waals surface area contributed by atoms with E-state index in [0.29, 0.717) is 0 Å². The van der Waals surface area contributed by atoms with Gasteiger partial charge >= 0.3 is 0 Å². The number of rotatable bonds is 5. The molecule has 1 aliphatic rings. The topological polar surface area (TPSA) is 3.24 Å². The monoisotopic (exact) mass is 273 g/mol. The Hall–Kier alpha value is 0.140. The van der Waals surface area contributed by atoms with Crippen LogP contribution in [0.4, 0.5) is 0 Å². The Morgan fingerprint density at radius 3 is 2.86 bits per heavy atom. The van der Waals surface area contributed by atoms with Crippen LogP contribution in [0.2, 0.25) is 0 Å². The largest absolute Gasteiger partial charge is 0.299 e. The molecule has 0 aromatic carbocycles. The van der Waals surface area contributed by atoms with Gasteiger partial charge in [-0.1, -0.05) is 6.92 Å². The zero-order chi connectivity index (χ0) is 9.97. The molecule has 1 heterocycles. The number of halogens is 1. The average molecular weight is 274 g/mol. The van der Waals surface area contributed by atoms with Crippen LogP contribution in [0, 0.1) is 5.92 Å². The third-order valence-electron chi connectivity index (χ3n) is 2.69. The fraction of sp³-hybridized carbons (Fsp3) is 0.636. The van der Waals surface area contributed by atoms with E-state index >= 15 is 0 Å². The van der Waals surface area contributed by atoms with Crippen LogP contribution >= 0.6 is 27.3 Å². The van der Waals surface area contributed by atoms with Crippen LogP contribution in [-0.2, 0) is 6.54 Å². The van der Waals surface area contributed by atoms with Crippen molar-refractivity contribution in [1.82, 2.24) is 4.90 Å². The van der Waals surface area contributed by atoms with Gasteiger partial charge in [0.1, 0.15) is 0 Å². The maximum atomic E-state index is 3.51. The van der Waals surface area contributed by atoms with Crippen molar-refractivity contribution in [2.75, 3.05) is 13.1 Å². The van der Waals surface area contributed by atoms with E-state index in [1.165, 1.54) is 35.3 Å². The molecule has 0 amide bonds. The number of nitrogens with zero attached hydrogens (tertiary/aromatic N) is 1. The molecule has 0 unspecified atom stereocenters. The summed E-state index contributed by atoms with van der Waals surface area (Å²) in [7, 11) is 0. The lowest BCUT2D eigenvalue weighted by molar-refractivity contribution is 0.269. The zero-order valence-corrected chi connectivity index (χ0v) is 10.9. The van der Waals surface area contributed by atoms with Crippen LogP contribution in [0.15, 0.2) is 15.2 Å². The second-order valence-electron chi connectivity index (χ2n) is 4.03. The first-order chi connectivity index (χ1) is 6.78. The quantitative estimate of drug-likeness (QED) is 0.790. The van der Waals surface area contributed by atoms with Gasteiger partial charge in [-0.15, -0.1) is 11.3 Å². The first-order valence-corrected chi connectivity index (χ1v) is 6.90. The van der Waals surface area contributed by atoms with Gasteiger partial charge in [0.15, 0.2) is 0 Å². The molecule has 0 radical (unpaired) electrons. The summed E-state index contributed by atoms with van der Waals surface area (Å²) >= 11 is 5.29. The first-order valence-electron chi connectivity index (χ1n) is 5.23. The Kier molecular flexibility index (Phi) is 3.63. The van der Waals surface area contributed by atoms with Crippen LogP contribution < -0.4 is 0 Å². The van der Waals surface area contributed by atoms with Crippen LogP contribution in [0.3, 0.4) is 0 Å². The Morgan fingerprint density at radius 2 is 2.36 bits per heavy atom. The first kappa shape index (κ1) is 10.7. The van der Waals surface area contributed by atoms with Crippen molar-refractivity contribution in [2.24, 2.45) is 5.92 Å². The summed E-state index contributed by atoms with van der Waals surface area (Å²) in [6.45, 7) is 5.84. The third kappa shape index (κ3) is 3.07. The van der Waals surface area contributed by atoms with Crippen molar-refractivity contribution in [1.29, 1.82) is 0 Å². The molecule has 1 aliphatic carbocycles. The van der Waals surface area contributed by atoms with Gasteiger partial charge in [-0.05, 0) is 58.2 Å². The highest BCUT2D eigenvalue weighted by Gasteiger charge is 2.23. The van der Waals surface area contributed by atoms with Crippen molar-refractivity contribution >= 4 is 27.3 Å². The minimum atomic E-state index is 0.997. The molecule has 1 aromatic heterocycles. The molecule has 1 nitrogen and oxygen atoms in total. The summed E-state index contributed by atoms with van der Waals surface area (Å²) in [5, 5.41) is 2.25. The SMILES string of the molecule is CCN(Cc1csc(Br)c1)CC1CC1. The van der Waals surface area contributed by atoms with E-state index in [-0.39, 0.29) is 0 Å². The maximum Gasteiger partial charge on any atom is 0.0701 e. The van der Waals surface area contributed by atoms with Crippen molar-refractivity contribution in [3.63, 3.8) is 0 Å². The lowest BCUT2D eigenvalue weighted by atomic mass is 10.3. The summed E-state index contributed by atoms with van der Waals surface area (Å²) in [5.74, 6) is 0.997. The molecule has 0 aliphatic heterocycles. The van der Waals surface area contributed by atoms with E-state index in [0.717, 1.165) is 12.5 Å². The van der Waals surface area contributed by atoms with Gasteiger partial charge < -0.3 is 0 Å². The molecule has 1 aromatic rings. The summed E-state index contributed by atoms with van der Waals surface area (Å²) in [6, 6.07) is 2.24. The van der Waals surface area contributed by atoms with Crippen molar-refractivity contribution < 1.29 is 0 Å². The van der Waals surface area contributed by atoms with E-state index in [9.17, 15) is 0 Å². The van der Waals surface area contributed by atoms with Crippen molar-refractivity contribution in [2.45, 2.75) is 26.3 Å². The molecule has 1 saturated carbocycles. The molecule has 14 heavy (non-hydrogen) atoms. The lowest BCUT2D eigenvalue weighted by Gasteiger charge is -2.19. The molecule has 1 fully saturated rings. The third-order valence-corrected chi connectivity index (χ3v) is 4.24. The fourth-order valence-electron chi connectivity index (χ4n) is 1.66. The molecule has 2 rings (SSSR count). The van der Waals surface area contributed by atoms with E-state index < -0.39 is 0 Å². The predicted molar refractivity (Wildman–Crippen MR) is 65.7 cm³/mol. The fourth-order valence-corrected chi connectivity index (χ4v) is 2.86. The highest BCUT2D eigenvalue weighted by atomic mass is 79.9. The molecule has 0 atom stereocenters. The van der Waals surface area contributed by atoms with Crippen molar-refractivity contribution in [3.8, 4) is 0 Å². The van der Waals surface area contributed by atoms with Crippen LogP contribution in [-0.4, -0.2) is 18.0 Å². The minimum absolute atomic E-state index is 0.997. The average Bonchev–Trinajstić information content (AvgIpc) is 2.89. The smallest absolute Gasteiger partial charge is 0.0701 e. The van der Waals surface area contributed by atoms with E-state index in [1.54, 1.807) is 11.3 Å². The van der Waals surface area contributed by atoms with Crippen LogP contribution in [0.1, 0.15) is 25.3 Å². The number of hydrogen-bond acceptors (Lipinski definition) is 2. The van der Waals surface area contributed by atoms with Gasteiger partial charge in [-0.2, -0.15) is 0 Å². The van der Waals surface area contributed by atoms with Gasteiger partial charge in [-0.25, -0.2) is 0 Å². The molecular weight excluding hydrogens is 258 g/mol. The second kappa shape index (κ2) is 4.77. The Balaban J connectivity index is 1.86. The van der Waals surface area contributed by atoms with Gasteiger partial charge in [0.2, 0.25) is 0 Å². The van der Waals surface area contributed by atoms with Gasteiger partial charge in [0.05, 0.1) is 3.79 Å². The normalized spacial score (nSPS) is 16.5. The standard InChI is InChI=1S/C11H16BrNS/c1-2-13(6-9-3-4-9)7-10-5-11(12)14-8-10/h5,8-9H,2-4,6-7H2,1H3. The summed E-state index contributed by atoms with van der Waals surface area (Å²) in [6.07, 6.45) is 2.90. The number of thiophene rings is 1. The maximum absolute atomic E-state index is 3.51. The Morgan fingerprint density at radius 1 is 1.57 bits per heavy atom. The van der Waals surface area contributed by atoms with Crippen LogP contribution in [0.5, 0.6) is 0 Å². The van der Waals surface area contributed by atoms with Gasteiger partial charge in [-0.3, -0.25) is 4.90 Å². The van der Waals surface area contributed by atoms with Gasteiger partial charge in [0, 0.05) is 13.1 Å². The van der Waals surface area contributed by atoms with E-state index in [1.807, 2.05) is 0 Å². The highest BCUT2D eigenvalue weighted by molar-refractivity contribution is 9.11.